The van der Waals surface area contributed by atoms with Crippen LogP contribution in [0.3, 0.4) is 0 Å². The second kappa shape index (κ2) is 9.28. The number of nitrogens with two attached hydrogens (primary N) is 1. The summed E-state index contributed by atoms with van der Waals surface area (Å²) in [6, 6.07) is 1.91. The van der Waals surface area contributed by atoms with Gasteiger partial charge in [0.1, 0.15) is 16.4 Å². The Morgan fingerprint density at radius 3 is 2.85 bits per heavy atom. The van der Waals surface area contributed by atoms with E-state index in [1.54, 1.807) is 36.6 Å². The van der Waals surface area contributed by atoms with Crippen molar-refractivity contribution in [2.45, 2.75) is 13.3 Å². The van der Waals surface area contributed by atoms with Crippen molar-refractivity contribution in [3.05, 3.63) is 28.6 Å². The molecule has 26 heavy (non-hydrogen) atoms. The summed E-state index contributed by atoms with van der Waals surface area (Å²) in [6.45, 7) is 2.72. The Bertz CT molecular complexity index is 850. The molecule has 0 radical (unpaired) electrons. The maximum Gasteiger partial charge on any atom is 0.213 e. The molecule has 0 aliphatic heterocycles. The minimum atomic E-state index is 0.584. The lowest BCUT2D eigenvalue weighted by Gasteiger charge is -2.04. The van der Waals surface area contributed by atoms with Gasteiger partial charge >= 0.3 is 0 Å². The normalized spacial score (nSPS) is 10.9. The number of anilines is 1. The fourth-order valence-corrected chi connectivity index (χ4v) is 4.30. The van der Waals surface area contributed by atoms with Gasteiger partial charge < -0.3 is 10.5 Å². The van der Waals surface area contributed by atoms with Crippen LogP contribution in [0.5, 0.6) is 5.88 Å². The van der Waals surface area contributed by atoms with Crippen LogP contribution in [0.1, 0.15) is 12.0 Å². The van der Waals surface area contributed by atoms with Crippen LogP contribution in [0, 0.1) is 6.92 Å². The van der Waals surface area contributed by atoms with Gasteiger partial charge in [0.05, 0.1) is 7.11 Å². The molecule has 0 fully saturated rings. The van der Waals surface area contributed by atoms with Crippen LogP contribution in [0.25, 0.3) is 22.0 Å². The number of nitrogens with one attached hydrogen (secondary N) is 2. The number of hydrogen-bond acceptors (Lipinski definition) is 10. The van der Waals surface area contributed by atoms with Gasteiger partial charge in [0.15, 0.2) is 5.13 Å². The lowest BCUT2D eigenvalue weighted by molar-refractivity contribution is 0.398. The Hall–Kier alpha value is -1.72. The van der Waals surface area contributed by atoms with Gasteiger partial charge in [-0.25, -0.2) is 15.0 Å². The predicted molar refractivity (Wildman–Crippen MR) is 111 cm³/mol. The van der Waals surface area contributed by atoms with E-state index in [2.05, 4.69) is 20.2 Å². The summed E-state index contributed by atoms with van der Waals surface area (Å²) in [4.78, 5) is 16.6. The summed E-state index contributed by atoms with van der Waals surface area (Å²) >= 11 is 4.70. The quantitative estimate of drug-likeness (QED) is 0.281. The van der Waals surface area contributed by atoms with E-state index in [0.29, 0.717) is 12.4 Å². The Kier molecular flexibility index (Phi) is 6.80. The third-order valence-electron chi connectivity index (χ3n) is 3.47. The molecule has 0 unspecified atom stereocenters. The van der Waals surface area contributed by atoms with Crippen molar-refractivity contribution < 1.29 is 4.74 Å². The number of aromatic nitrogens is 3. The van der Waals surface area contributed by atoms with Crippen molar-refractivity contribution in [3.8, 4) is 27.8 Å². The molecule has 0 saturated heterocycles. The van der Waals surface area contributed by atoms with Gasteiger partial charge in [-0.3, -0.25) is 5.43 Å². The van der Waals surface area contributed by atoms with E-state index in [4.69, 9.17) is 15.5 Å². The van der Waals surface area contributed by atoms with E-state index in [0.717, 1.165) is 44.8 Å². The first-order chi connectivity index (χ1) is 12.7. The van der Waals surface area contributed by atoms with Crippen LogP contribution in [0.2, 0.25) is 0 Å². The second-order valence-corrected chi connectivity index (χ2v) is 7.95. The zero-order valence-electron chi connectivity index (χ0n) is 14.5. The third-order valence-corrected chi connectivity index (χ3v) is 5.84. The smallest absolute Gasteiger partial charge is 0.213 e. The molecule has 3 aromatic rings. The Balaban J connectivity index is 1.69. The molecule has 4 N–H and O–H groups in total. The molecule has 0 spiro atoms. The molecule has 10 heteroatoms. The average molecular weight is 409 g/mol. The maximum atomic E-state index is 5.47. The largest absolute Gasteiger partial charge is 0.481 e. The molecule has 0 amide bonds. The van der Waals surface area contributed by atoms with Crippen molar-refractivity contribution in [1.29, 1.82) is 0 Å². The van der Waals surface area contributed by atoms with Crippen LogP contribution >= 0.6 is 34.6 Å². The van der Waals surface area contributed by atoms with E-state index in [9.17, 15) is 0 Å². The topological polar surface area (TPSA) is 98.0 Å². The summed E-state index contributed by atoms with van der Waals surface area (Å²) in [5, 5.41) is 5.74. The molecule has 7 nitrogen and oxygen atoms in total. The molecular weight excluding hydrogens is 388 g/mol. The first-order valence-corrected chi connectivity index (χ1v) is 10.7. The molecule has 0 aliphatic rings. The number of pyridine rings is 1. The minimum absolute atomic E-state index is 0.584. The number of nitrogens with zero attached hydrogens (tertiary/aromatic N) is 3. The number of thiazole rings is 2. The fraction of sp³-hybridized carbons (Fsp3) is 0.312. The van der Waals surface area contributed by atoms with E-state index in [1.165, 1.54) is 11.3 Å². The molecule has 0 atom stereocenters. The lowest BCUT2D eigenvalue weighted by Crippen LogP contribution is -2.14. The Morgan fingerprint density at radius 1 is 1.23 bits per heavy atom. The third kappa shape index (κ3) is 4.71. The van der Waals surface area contributed by atoms with Crippen molar-refractivity contribution in [1.82, 2.24) is 19.8 Å². The number of methoxy groups -OCH3 is 1. The number of rotatable bonds is 9. The van der Waals surface area contributed by atoms with Gasteiger partial charge in [0.2, 0.25) is 5.88 Å². The predicted octanol–water partition coefficient (Wildman–Crippen LogP) is 3.56. The highest BCUT2D eigenvalue weighted by Gasteiger charge is 2.13. The summed E-state index contributed by atoms with van der Waals surface area (Å²) < 4.78 is 5.22. The van der Waals surface area contributed by atoms with Crippen molar-refractivity contribution in [2.75, 3.05) is 24.8 Å². The van der Waals surface area contributed by atoms with Gasteiger partial charge in [-0.1, -0.05) is 11.9 Å². The highest BCUT2D eigenvalue weighted by Crippen LogP contribution is 2.33. The maximum absolute atomic E-state index is 5.47. The Morgan fingerprint density at radius 2 is 2.04 bits per heavy atom. The number of hydrazine groups is 1. The van der Waals surface area contributed by atoms with Gasteiger partial charge in [-0.15, -0.1) is 22.7 Å². The lowest BCUT2D eigenvalue weighted by atomic mass is 10.2. The van der Waals surface area contributed by atoms with Crippen LogP contribution in [-0.2, 0) is 0 Å². The van der Waals surface area contributed by atoms with Crippen LogP contribution in [0.15, 0.2) is 23.0 Å². The number of ether oxygens (including phenoxy) is 1. The second-order valence-electron chi connectivity index (χ2n) is 5.34. The van der Waals surface area contributed by atoms with E-state index in [1.807, 2.05) is 23.8 Å². The van der Waals surface area contributed by atoms with Gasteiger partial charge in [0.25, 0.3) is 0 Å². The standard InChI is InChI=1S/C16H20N6OS3/c1-10-7-18-14(23-2)6-11(10)15-19-12(8-24-15)13-9-25-16(20-13)21-22-26-5-3-4-17/h6-9,22H,3-5,17H2,1-2H3,(H,20,21). The minimum Gasteiger partial charge on any atom is -0.481 e. The summed E-state index contributed by atoms with van der Waals surface area (Å²) in [5.74, 6) is 1.53. The summed E-state index contributed by atoms with van der Waals surface area (Å²) in [5.41, 5.74) is 12.4. The van der Waals surface area contributed by atoms with Crippen LogP contribution < -0.4 is 20.7 Å². The zero-order chi connectivity index (χ0) is 18.4. The number of aryl methyl sites for hydroxylation is 1. The van der Waals surface area contributed by atoms with Crippen molar-refractivity contribution in [2.24, 2.45) is 5.73 Å². The molecular formula is C16H20N6OS3. The molecule has 0 bridgehead atoms. The molecule has 138 valence electrons. The van der Waals surface area contributed by atoms with Crippen LogP contribution in [-0.4, -0.2) is 34.4 Å². The molecule has 0 aliphatic carbocycles. The van der Waals surface area contributed by atoms with E-state index in [-0.39, 0.29) is 0 Å². The molecule has 3 aromatic heterocycles. The first-order valence-electron chi connectivity index (χ1n) is 7.96. The highest BCUT2D eigenvalue weighted by atomic mass is 32.2. The Labute approximate surface area is 164 Å². The van der Waals surface area contributed by atoms with Crippen molar-refractivity contribution >= 4 is 39.8 Å². The monoisotopic (exact) mass is 408 g/mol. The molecule has 3 rings (SSSR count). The summed E-state index contributed by atoms with van der Waals surface area (Å²) in [7, 11) is 1.61. The van der Waals surface area contributed by atoms with Gasteiger partial charge in [-0.05, 0) is 25.5 Å². The van der Waals surface area contributed by atoms with E-state index >= 15 is 0 Å². The molecule has 0 saturated carbocycles. The van der Waals surface area contributed by atoms with Gasteiger partial charge in [0, 0.05) is 34.3 Å². The number of hydrogen-bond donors (Lipinski definition) is 3. The summed E-state index contributed by atoms with van der Waals surface area (Å²) in [6.07, 6.45) is 2.78. The fourth-order valence-electron chi connectivity index (χ4n) is 2.10. The highest BCUT2D eigenvalue weighted by molar-refractivity contribution is 7.97. The zero-order valence-corrected chi connectivity index (χ0v) is 16.9. The SMILES string of the molecule is COc1cc(-c2nc(-c3csc(NNSCCCN)n3)cs2)c(C)cn1. The van der Waals surface area contributed by atoms with E-state index < -0.39 is 0 Å². The first kappa shape index (κ1) is 19.1. The van der Waals surface area contributed by atoms with Crippen LogP contribution in [0.4, 0.5) is 5.13 Å². The van der Waals surface area contributed by atoms with Gasteiger partial charge in [-0.2, -0.15) is 4.83 Å². The molecule has 0 aromatic carbocycles. The molecule has 3 heterocycles. The average Bonchev–Trinajstić information content (AvgIpc) is 3.31. The van der Waals surface area contributed by atoms with Crippen molar-refractivity contribution in [3.63, 3.8) is 0 Å².